The van der Waals surface area contributed by atoms with Crippen LogP contribution in [0, 0.1) is 5.92 Å². The average molecular weight is 499 g/mol. The van der Waals surface area contributed by atoms with Crippen LogP contribution in [0.25, 0.3) is 11.3 Å². The number of Topliss-reactive ketones (excluding diaryl/α,β-unsaturated/α-hetero) is 1. The van der Waals surface area contributed by atoms with Gasteiger partial charge in [-0.05, 0) is 30.3 Å². The zero-order chi connectivity index (χ0) is 24.0. The molecule has 1 aliphatic rings. The van der Waals surface area contributed by atoms with Crippen LogP contribution in [0.3, 0.4) is 0 Å². The van der Waals surface area contributed by atoms with Crippen molar-refractivity contribution in [2.75, 3.05) is 0 Å². The van der Waals surface area contributed by atoms with Crippen LogP contribution in [0.5, 0.6) is 0 Å². The number of furan rings is 1. The first kappa shape index (κ1) is 23.2. The molecule has 0 bridgehead atoms. The molecule has 6 nitrogen and oxygen atoms in total. The lowest BCUT2D eigenvalue weighted by Gasteiger charge is -2.44. The van der Waals surface area contributed by atoms with Crippen molar-refractivity contribution >= 4 is 35.0 Å². The Morgan fingerprint density at radius 2 is 1.76 bits per heavy atom. The third-order valence-electron chi connectivity index (χ3n) is 5.27. The highest BCUT2D eigenvalue weighted by Crippen LogP contribution is 2.45. The Labute approximate surface area is 195 Å². The Kier molecular flexibility index (Phi) is 5.90. The van der Waals surface area contributed by atoms with Crippen LogP contribution in [-0.4, -0.2) is 28.8 Å². The molecule has 0 spiro atoms. The van der Waals surface area contributed by atoms with Gasteiger partial charge in [0.15, 0.2) is 5.78 Å². The Bertz CT molecular complexity index is 1220. The number of urea groups is 1. The van der Waals surface area contributed by atoms with E-state index in [1.165, 1.54) is 53.8 Å². The molecule has 2 heterocycles. The maximum absolute atomic E-state index is 14.0. The molecule has 172 valence electrons. The highest BCUT2D eigenvalue weighted by molar-refractivity contribution is 6.35. The first-order valence-corrected chi connectivity index (χ1v) is 10.3. The summed E-state index contributed by atoms with van der Waals surface area (Å²) in [5, 5.41) is 14.9. The molecule has 3 atom stereocenters. The predicted octanol–water partition coefficient (Wildman–Crippen LogP) is 5.36. The van der Waals surface area contributed by atoms with E-state index in [1.54, 1.807) is 12.1 Å². The number of halogens is 5. The van der Waals surface area contributed by atoms with Gasteiger partial charge in [0.25, 0.3) is 0 Å². The lowest BCUT2D eigenvalue weighted by Crippen LogP contribution is -2.72. The van der Waals surface area contributed by atoms with Crippen molar-refractivity contribution in [3.63, 3.8) is 0 Å². The second kappa shape index (κ2) is 8.40. The molecule has 0 saturated carbocycles. The van der Waals surface area contributed by atoms with E-state index in [0.29, 0.717) is 10.6 Å². The summed E-state index contributed by atoms with van der Waals surface area (Å²) in [5.74, 6) is -3.29. The van der Waals surface area contributed by atoms with E-state index in [4.69, 9.17) is 27.6 Å². The highest BCUT2D eigenvalue weighted by atomic mass is 35.5. The minimum Gasteiger partial charge on any atom is -0.459 e. The Hall–Kier alpha value is -3.01. The number of ketones is 1. The standard InChI is InChI=1S/C22H15Cl2F3N2O4/c23-12-6-7-14(24)13(10-12)15-8-9-16(33-15)18-17(19(30)11-4-2-1-3-5-11)21(32,22(25,26)27)29-20(31)28-18/h1-10,17-18,32H,(H2,28,29,31)/t17-,18+,21-/m0/s1. The van der Waals surface area contributed by atoms with Crippen LogP contribution in [0.1, 0.15) is 22.2 Å². The van der Waals surface area contributed by atoms with Crippen molar-refractivity contribution in [2.45, 2.75) is 17.9 Å². The smallest absolute Gasteiger partial charge is 0.437 e. The number of rotatable bonds is 4. The van der Waals surface area contributed by atoms with Gasteiger partial charge in [-0.2, -0.15) is 13.2 Å². The summed E-state index contributed by atoms with van der Waals surface area (Å²) in [7, 11) is 0. The minimum absolute atomic E-state index is 0.0854. The number of aliphatic hydroxyl groups is 1. The number of carbonyl (C=O) groups is 2. The lowest BCUT2D eigenvalue weighted by molar-refractivity contribution is -0.288. The third-order valence-corrected chi connectivity index (χ3v) is 5.84. The number of carbonyl (C=O) groups excluding carboxylic acids is 2. The zero-order valence-electron chi connectivity index (χ0n) is 16.5. The van der Waals surface area contributed by atoms with Gasteiger partial charge in [0, 0.05) is 16.1 Å². The molecule has 33 heavy (non-hydrogen) atoms. The monoisotopic (exact) mass is 498 g/mol. The molecule has 4 rings (SSSR count). The van der Waals surface area contributed by atoms with E-state index in [2.05, 4.69) is 5.32 Å². The van der Waals surface area contributed by atoms with Gasteiger partial charge in [-0.15, -0.1) is 0 Å². The lowest BCUT2D eigenvalue weighted by atomic mass is 9.79. The molecule has 2 aromatic carbocycles. The Balaban J connectivity index is 1.83. The second-order valence-corrected chi connectivity index (χ2v) is 8.22. The van der Waals surface area contributed by atoms with Crippen molar-refractivity contribution in [3.8, 4) is 11.3 Å². The van der Waals surface area contributed by atoms with Crippen molar-refractivity contribution < 1.29 is 32.3 Å². The minimum atomic E-state index is -5.37. The number of hydrogen-bond donors (Lipinski definition) is 3. The molecule has 3 N–H and O–H groups in total. The normalized spacial score (nSPS) is 23.0. The maximum atomic E-state index is 14.0. The van der Waals surface area contributed by atoms with Gasteiger partial charge in [0.05, 0.1) is 5.02 Å². The molecule has 1 fully saturated rings. The maximum Gasteiger partial charge on any atom is 0.437 e. The first-order chi connectivity index (χ1) is 15.5. The molecular weight excluding hydrogens is 484 g/mol. The van der Waals surface area contributed by atoms with Gasteiger partial charge < -0.3 is 20.2 Å². The summed E-state index contributed by atoms with van der Waals surface area (Å²) in [5.41, 5.74) is -3.58. The zero-order valence-corrected chi connectivity index (χ0v) is 18.0. The molecule has 0 aliphatic carbocycles. The molecule has 0 radical (unpaired) electrons. The topological polar surface area (TPSA) is 91.6 Å². The van der Waals surface area contributed by atoms with Crippen molar-refractivity contribution in [1.82, 2.24) is 10.6 Å². The summed E-state index contributed by atoms with van der Waals surface area (Å²) in [6.45, 7) is 0. The van der Waals surface area contributed by atoms with Crippen molar-refractivity contribution in [2.24, 2.45) is 5.92 Å². The Morgan fingerprint density at radius 3 is 2.42 bits per heavy atom. The molecule has 1 aliphatic heterocycles. The van der Waals surface area contributed by atoms with Crippen LogP contribution in [-0.2, 0) is 0 Å². The summed E-state index contributed by atoms with van der Waals surface area (Å²) >= 11 is 12.2. The molecule has 11 heteroatoms. The van der Waals surface area contributed by atoms with E-state index in [-0.39, 0.29) is 22.1 Å². The fourth-order valence-corrected chi connectivity index (χ4v) is 4.09. The van der Waals surface area contributed by atoms with E-state index in [0.717, 1.165) is 0 Å². The highest BCUT2D eigenvalue weighted by Gasteiger charge is 2.66. The largest absolute Gasteiger partial charge is 0.459 e. The molecular formula is C22H15Cl2F3N2O4. The van der Waals surface area contributed by atoms with Gasteiger partial charge in [-0.3, -0.25) is 4.79 Å². The molecule has 1 aromatic heterocycles. The van der Waals surface area contributed by atoms with Gasteiger partial charge in [-0.1, -0.05) is 53.5 Å². The van der Waals surface area contributed by atoms with Crippen LogP contribution in [0.2, 0.25) is 10.0 Å². The predicted molar refractivity (Wildman–Crippen MR) is 114 cm³/mol. The number of amides is 2. The van der Waals surface area contributed by atoms with Gasteiger partial charge in [0.1, 0.15) is 23.5 Å². The number of benzene rings is 2. The van der Waals surface area contributed by atoms with Crippen molar-refractivity contribution in [1.29, 1.82) is 0 Å². The Morgan fingerprint density at radius 1 is 1.06 bits per heavy atom. The van der Waals surface area contributed by atoms with E-state index >= 15 is 0 Å². The summed E-state index contributed by atoms with van der Waals surface area (Å²) < 4.78 is 47.6. The number of nitrogens with one attached hydrogen (secondary N) is 2. The summed E-state index contributed by atoms with van der Waals surface area (Å²) in [6, 6.07) is 11.4. The molecule has 3 aromatic rings. The van der Waals surface area contributed by atoms with E-state index < -0.39 is 35.7 Å². The first-order valence-electron chi connectivity index (χ1n) is 9.53. The van der Waals surface area contributed by atoms with Crippen LogP contribution >= 0.6 is 23.2 Å². The van der Waals surface area contributed by atoms with Crippen LogP contribution < -0.4 is 10.6 Å². The second-order valence-electron chi connectivity index (χ2n) is 7.37. The van der Waals surface area contributed by atoms with Gasteiger partial charge in [-0.25, -0.2) is 4.79 Å². The number of alkyl halides is 3. The number of hydrogen-bond acceptors (Lipinski definition) is 4. The van der Waals surface area contributed by atoms with Crippen LogP contribution in [0.4, 0.5) is 18.0 Å². The van der Waals surface area contributed by atoms with Gasteiger partial charge in [0.2, 0.25) is 5.72 Å². The fraction of sp³-hybridized carbons (Fsp3) is 0.182. The average Bonchev–Trinajstić information content (AvgIpc) is 3.24. The molecule has 2 amide bonds. The quantitative estimate of drug-likeness (QED) is 0.422. The SMILES string of the molecule is O=C1N[C@H](c2ccc(-c3cc(Cl)ccc3Cl)o2)[C@@H](C(=O)c2ccccc2)[C@](O)(C(F)(F)F)N1. The summed E-state index contributed by atoms with van der Waals surface area (Å²) in [4.78, 5) is 25.3. The van der Waals surface area contributed by atoms with Gasteiger partial charge >= 0.3 is 12.2 Å². The third kappa shape index (κ3) is 4.19. The fourth-order valence-electron chi connectivity index (χ4n) is 3.71. The van der Waals surface area contributed by atoms with E-state index in [1.807, 2.05) is 0 Å². The van der Waals surface area contributed by atoms with Crippen LogP contribution in [0.15, 0.2) is 65.1 Å². The molecule has 0 unspecified atom stereocenters. The molecule has 1 saturated heterocycles. The summed E-state index contributed by atoms with van der Waals surface area (Å²) in [6.07, 6.45) is -5.37. The van der Waals surface area contributed by atoms with Crippen molar-refractivity contribution in [3.05, 3.63) is 82.0 Å². The van der Waals surface area contributed by atoms with E-state index in [9.17, 15) is 27.9 Å².